The van der Waals surface area contributed by atoms with Crippen LogP contribution < -0.4 is 19.5 Å². The molecule has 1 aliphatic rings. The molecule has 30 heavy (non-hydrogen) atoms. The molecule has 0 saturated heterocycles. The highest BCUT2D eigenvalue weighted by atomic mass is 16.6. The molecule has 0 atom stereocenters. The van der Waals surface area contributed by atoms with Gasteiger partial charge in [-0.15, -0.1) is 0 Å². The Morgan fingerprint density at radius 3 is 2.53 bits per heavy atom. The Morgan fingerprint density at radius 1 is 1.03 bits per heavy atom. The predicted molar refractivity (Wildman–Crippen MR) is 116 cm³/mol. The van der Waals surface area contributed by atoms with Gasteiger partial charge in [-0.3, -0.25) is 9.78 Å². The van der Waals surface area contributed by atoms with Crippen molar-refractivity contribution in [3.8, 4) is 28.5 Å². The number of methoxy groups -OCH3 is 1. The molecule has 1 aliphatic heterocycles. The Bertz CT molecular complexity index is 1060. The third kappa shape index (κ3) is 4.08. The molecule has 0 saturated carbocycles. The van der Waals surface area contributed by atoms with E-state index in [0.29, 0.717) is 41.9 Å². The number of amides is 1. The molecule has 6 nitrogen and oxygen atoms in total. The zero-order chi connectivity index (χ0) is 21.1. The Hall–Kier alpha value is -3.54. The second-order valence-corrected chi connectivity index (χ2v) is 7.36. The summed E-state index contributed by atoms with van der Waals surface area (Å²) in [5.41, 5.74) is 3.97. The van der Waals surface area contributed by atoms with E-state index in [1.54, 1.807) is 37.6 Å². The van der Waals surface area contributed by atoms with E-state index >= 15 is 0 Å². The molecule has 4 rings (SSSR count). The van der Waals surface area contributed by atoms with Crippen LogP contribution in [0.2, 0.25) is 0 Å². The maximum Gasteiger partial charge on any atom is 0.257 e. The average molecular weight is 404 g/mol. The van der Waals surface area contributed by atoms with Gasteiger partial charge in [-0.25, -0.2) is 0 Å². The fraction of sp³-hybridized carbons (Fsp3) is 0.250. The van der Waals surface area contributed by atoms with E-state index in [0.717, 1.165) is 17.0 Å². The molecule has 0 bridgehead atoms. The molecule has 154 valence electrons. The van der Waals surface area contributed by atoms with Crippen molar-refractivity contribution in [3.05, 3.63) is 65.9 Å². The molecule has 0 fully saturated rings. The van der Waals surface area contributed by atoms with Crippen LogP contribution in [-0.2, 0) is 0 Å². The minimum Gasteiger partial charge on any atom is -0.496 e. The zero-order valence-corrected chi connectivity index (χ0v) is 17.3. The molecule has 1 aromatic heterocycles. The van der Waals surface area contributed by atoms with E-state index in [-0.39, 0.29) is 5.91 Å². The van der Waals surface area contributed by atoms with Crippen molar-refractivity contribution in [2.45, 2.75) is 19.8 Å². The lowest BCUT2D eigenvalue weighted by atomic mass is 9.98. The summed E-state index contributed by atoms with van der Waals surface area (Å²) in [6, 6.07) is 15.0. The number of benzene rings is 2. The van der Waals surface area contributed by atoms with Crippen molar-refractivity contribution in [3.63, 3.8) is 0 Å². The molecular formula is C24H24N2O4. The normalized spacial score (nSPS) is 12.5. The Balaban J connectivity index is 1.54. The first-order valence-electron chi connectivity index (χ1n) is 9.90. The lowest BCUT2D eigenvalue weighted by Gasteiger charge is -2.19. The highest BCUT2D eigenvalue weighted by molar-refractivity contribution is 6.04. The smallest absolute Gasteiger partial charge is 0.257 e. The molecule has 1 amide bonds. The van der Waals surface area contributed by atoms with E-state index < -0.39 is 0 Å². The Kier molecular flexibility index (Phi) is 5.57. The molecule has 2 aromatic carbocycles. The highest BCUT2D eigenvalue weighted by Gasteiger charge is 2.15. The van der Waals surface area contributed by atoms with Crippen molar-refractivity contribution in [1.29, 1.82) is 0 Å². The molecule has 6 heteroatoms. The van der Waals surface area contributed by atoms with Gasteiger partial charge < -0.3 is 19.5 Å². The first-order valence-corrected chi connectivity index (χ1v) is 9.90. The summed E-state index contributed by atoms with van der Waals surface area (Å²) >= 11 is 0. The first kappa shape index (κ1) is 19.8. The number of hydrogen-bond donors (Lipinski definition) is 1. The first-order chi connectivity index (χ1) is 14.5. The van der Waals surface area contributed by atoms with Gasteiger partial charge >= 0.3 is 0 Å². The van der Waals surface area contributed by atoms with Crippen molar-refractivity contribution >= 4 is 11.6 Å². The molecular weight excluding hydrogens is 380 g/mol. The van der Waals surface area contributed by atoms with E-state index in [9.17, 15) is 4.79 Å². The van der Waals surface area contributed by atoms with Crippen LogP contribution in [0.3, 0.4) is 0 Å². The fourth-order valence-electron chi connectivity index (χ4n) is 3.30. The quantitative estimate of drug-likeness (QED) is 0.655. The Morgan fingerprint density at radius 2 is 1.83 bits per heavy atom. The summed E-state index contributed by atoms with van der Waals surface area (Å²) in [6.07, 6.45) is 1.57. The highest BCUT2D eigenvalue weighted by Crippen LogP contribution is 2.33. The van der Waals surface area contributed by atoms with Crippen LogP contribution >= 0.6 is 0 Å². The molecule has 0 radical (unpaired) electrons. The Labute approximate surface area is 175 Å². The number of nitrogens with zero attached hydrogens (tertiary/aromatic N) is 1. The van der Waals surface area contributed by atoms with Gasteiger partial charge in [-0.05, 0) is 47.9 Å². The van der Waals surface area contributed by atoms with Crippen molar-refractivity contribution in [2.75, 3.05) is 25.6 Å². The number of carbonyl (C=O) groups is 1. The minimum atomic E-state index is -0.242. The molecule has 0 unspecified atom stereocenters. The van der Waals surface area contributed by atoms with Crippen molar-refractivity contribution in [1.82, 2.24) is 4.98 Å². The predicted octanol–water partition coefficient (Wildman–Crippen LogP) is 4.90. The van der Waals surface area contributed by atoms with E-state index in [2.05, 4.69) is 36.3 Å². The second-order valence-electron chi connectivity index (χ2n) is 7.36. The monoisotopic (exact) mass is 404 g/mol. The SMILES string of the molecule is COc1ccc(C(C)C)cc1-c1ccc(C(=O)Nc2ccc3c(c2)OCCO3)cn1. The molecule has 1 N–H and O–H groups in total. The number of hydrogen-bond acceptors (Lipinski definition) is 5. The number of pyridine rings is 1. The third-order valence-corrected chi connectivity index (χ3v) is 4.99. The molecule has 3 aromatic rings. The van der Waals surface area contributed by atoms with Gasteiger partial charge in [0.1, 0.15) is 19.0 Å². The number of nitrogens with one attached hydrogen (secondary N) is 1. The van der Waals surface area contributed by atoms with Gasteiger partial charge in [-0.2, -0.15) is 0 Å². The van der Waals surface area contributed by atoms with Gasteiger partial charge in [0.05, 0.1) is 18.4 Å². The largest absolute Gasteiger partial charge is 0.496 e. The number of rotatable bonds is 5. The van der Waals surface area contributed by atoms with Crippen molar-refractivity contribution < 1.29 is 19.0 Å². The van der Waals surface area contributed by atoms with Crippen molar-refractivity contribution in [2.24, 2.45) is 0 Å². The van der Waals surface area contributed by atoms with Crippen LogP contribution in [0.25, 0.3) is 11.3 Å². The fourth-order valence-corrected chi connectivity index (χ4v) is 3.30. The van der Waals surface area contributed by atoms with Crippen LogP contribution in [-0.4, -0.2) is 31.2 Å². The molecule has 0 spiro atoms. The van der Waals surface area contributed by atoms with Gasteiger partial charge in [0, 0.05) is 23.5 Å². The standard InChI is InChI=1S/C24H24N2O4/c1-15(2)16-5-8-21(28-3)19(12-16)20-7-4-17(14-25-20)24(27)26-18-6-9-22-23(13-18)30-11-10-29-22/h4-9,12-15H,10-11H2,1-3H3,(H,26,27). The number of carbonyl (C=O) groups excluding carboxylic acids is 1. The van der Waals surface area contributed by atoms with Gasteiger partial charge in [-0.1, -0.05) is 19.9 Å². The van der Waals surface area contributed by atoms with Crippen LogP contribution in [0.15, 0.2) is 54.7 Å². The lowest BCUT2D eigenvalue weighted by molar-refractivity contribution is 0.102. The topological polar surface area (TPSA) is 69.7 Å². The van der Waals surface area contributed by atoms with E-state index in [4.69, 9.17) is 14.2 Å². The lowest BCUT2D eigenvalue weighted by Crippen LogP contribution is -2.16. The number of aromatic nitrogens is 1. The minimum absolute atomic E-state index is 0.242. The second kappa shape index (κ2) is 8.45. The number of anilines is 1. The van der Waals surface area contributed by atoms with Gasteiger partial charge in [0.2, 0.25) is 0 Å². The third-order valence-electron chi connectivity index (χ3n) is 4.99. The molecule has 0 aliphatic carbocycles. The molecule has 2 heterocycles. The van der Waals surface area contributed by atoms with Gasteiger partial charge in [0.15, 0.2) is 11.5 Å². The summed E-state index contributed by atoms with van der Waals surface area (Å²) in [7, 11) is 1.64. The number of ether oxygens (including phenoxy) is 3. The van der Waals surface area contributed by atoms with E-state index in [1.165, 1.54) is 5.56 Å². The average Bonchev–Trinajstić information content (AvgIpc) is 2.78. The summed E-state index contributed by atoms with van der Waals surface area (Å²) in [5.74, 6) is 2.22. The zero-order valence-electron chi connectivity index (χ0n) is 17.3. The summed E-state index contributed by atoms with van der Waals surface area (Å²) in [4.78, 5) is 17.2. The summed E-state index contributed by atoms with van der Waals surface area (Å²) < 4.78 is 16.6. The summed E-state index contributed by atoms with van der Waals surface area (Å²) in [5, 5.41) is 2.87. The maximum absolute atomic E-state index is 12.6. The van der Waals surface area contributed by atoms with Gasteiger partial charge in [0.25, 0.3) is 5.91 Å². The van der Waals surface area contributed by atoms with Crippen LogP contribution in [0.1, 0.15) is 35.7 Å². The van der Waals surface area contributed by atoms with Crippen LogP contribution in [0, 0.1) is 0 Å². The van der Waals surface area contributed by atoms with E-state index in [1.807, 2.05) is 12.1 Å². The van der Waals surface area contributed by atoms with Crippen LogP contribution in [0.4, 0.5) is 5.69 Å². The summed E-state index contributed by atoms with van der Waals surface area (Å²) in [6.45, 7) is 5.31. The number of fused-ring (bicyclic) bond motifs is 1. The maximum atomic E-state index is 12.6. The van der Waals surface area contributed by atoms with Crippen LogP contribution in [0.5, 0.6) is 17.2 Å².